The molecule has 1 aliphatic rings. The maximum Gasteiger partial charge on any atom is 0.342 e. The summed E-state index contributed by atoms with van der Waals surface area (Å²) in [5, 5.41) is 0. The molecule has 2 atom stereocenters. The highest BCUT2D eigenvalue weighted by Gasteiger charge is 2.43. The maximum atomic E-state index is 12.3. The Hall–Kier alpha value is -1.61. The second-order valence-electron chi connectivity index (χ2n) is 6.27. The van der Waals surface area contributed by atoms with E-state index in [1.807, 2.05) is 31.2 Å². The monoisotopic (exact) mass is 316 g/mol. The lowest BCUT2D eigenvalue weighted by molar-refractivity contribution is -0.165. The summed E-state index contributed by atoms with van der Waals surface area (Å²) in [7, 11) is 0. The van der Waals surface area contributed by atoms with Gasteiger partial charge in [-0.2, -0.15) is 0 Å². The van der Waals surface area contributed by atoms with E-state index in [2.05, 4.69) is 19.1 Å². The molecule has 1 aliphatic heterocycles. The van der Waals surface area contributed by atoms with Crippen LogP contribution in [0.1, 0.15) is 64.5 Å². The normalized spacial score (nSPS) is 23.6. The van der Waals surface area contributed by atoms with Crippen LogP contribution in [0.4, 0.5) is 0 Å². The fourth-order valence-corrected chi connectivity index (χ4v) is 3.03. The van der Waals surface area contributed by atoms with Crippen LogP contribution in [0.5, 0.6) is 0 Å². The summed E-state index contributed by atoms with van der Waals surface area (Å²) in [6, 6.07) is 10.1. The van der Waals surface area contributed by atoms with Crippen molar-refractivity contribution in [2.24, 2.45) is 0 Å². The third-order valence-electron chi connectivity index (χ3n) is 4.26. The fraction of sp³-hybridized carbons (Fsp3) is 0.550. The second-order valence-corrected chi connectivity index (χ2v) is 6.27. The molecule has 0 spiro atoms. The van der Waals surface area contributed by atoms with Gasteiger partial charge in [0.25, 0.3) is 0 Å². The zero-order valence-corrected chi connectivity index (χ0v) is 14.5. The lowest BCUT2D eigenvalue weighted by Crippen LogP contribution is -2.35. The minimum atomic E-state index is -0.976. The average Bonchev–Trinajstić information content (AvgIpc) is 2.91. The van der Waals surface area contributed by atoms with Gasteiger partial charge in [0, 0.05) is 0 Å². The van der Waals surface area contributed by atoms with Crippen molar-refractivity contribution in [3.8, 4) is 0 Å². The molecule has 0 fully saturated rings. The van der Waals surface area contributed by atoms with E-state index in [1.54, 1.807) is 6.92 Å². The molecule has 0 aromatic heterocycles. The Morgan fingerprint density at radius 1 is 1.17 bits per heavy atom. The molecule has 2 rings (SSSR count). The Bertz CT molecular complexity index is 535. The quantitative estimate of drug-likeness (QED) is 0.385. The number of benzene rings is 1. The molecule has 1 aromatic carbocycles. The predicted octanol–water partition coefficient (Wildman–Crippen LogP) is 4.98. The Morgan fingerprint density at radius 3 is 2.57 bits per heavy atom. The molecular weight excluding hydrogens is 288 g/mol. The number of unbranched alkanes of at least 4 members (excludes halogenated alkanes) is 3. The van der Waals surface area contributed by atoms with Crippen LogP contribution >= 0.6 is 0 Å². The van der Waals surface area contributed by atoms with Gasteiger partial charge in [-0.3, -0.25) is 0 Å². The third kappa shape index (κ3) is 4.44. The van der Waals surface area contributed by atoms with Crippen LogP contribution in [0.15, 0.2) is 42.0 Å². The highest BCUT2D eigenvalue weighted by atomic mass is 16.6. The van der Waals surface area contributed by atoms with Crippen LogP contribution in [0.2, 0.25) is 0 Å². The lowest BCUT2D eigenvalue weighted by Gasteiger charge is -2.23. The molecular formula is C20H28O3. The van der Waals surface area contributed by atoms with E-state index in [9.17, 15) is 4.79 Å². The molecule has 0 radical (unpaired) electrons. The van der Waals surface area contributed by atoms with Gasteiger partial charge >= 0.3 is 5.97 Å². The van der Waals surface area contributed by atoms with E-state index in [1.165, 1.54) is 24.8 Å². The van der Waals surface area contributed by atoms with Crippen LogP contribution in [-0.4, -0.2) is 18.2 Å². The summed E-state index contributed by atoms with van der Waals surface area (Å²) in [5.74, 6) is -0.301. The van der Waals surface area contributed by atoms with Gasteiger partial charge in [0.1, 0.15) is 6.10 Å². The van der Waals surface area contributed by atoms with Crippen molar-refractivity contribution in [1.82, 2.24) is 0 Å². The molecule has 3 heteroatoms. The van der Waals surface area contributed by atoms with Crippen LogP contribution in [0, 0.1) is 0 Å². The van der Waals surface area contributed by atoms with Crippen LogP contribution in [-0.2, 0) is 14.3 Å². The number of carbonyl (C=O) groups excluding carboxylic acids is 1. The topological polar surface area (TPSA) is 35.5 Å². The first-order valence-electron chi connectivity index (χ1n) is 8.72. The van der Waals surface area contributed by atoms with Crippen molar-refractivity contribution < 1.29 is 14.3 Å². The van der Waals surface area contributed by atoms with Crippen molar-refractivity contribution in [3.05, 3.63) is 47.5 Å². The summed E-state index contributed by atoms with van der Waals surface area (Å²) in [4.78, 5) is 12.3. The van der Waals surface area contributed by atoms with Crippen molar-refractivity contribution >= 4 is 5.97 Å². The van der Waals surface area contributed by atoms with Crippen molar-refractivity contribution in [1.29, 1.82) is 0 Å². The summed E-state index contributed by atoms with van der Waals surface area (Å²) in [5.41, 5.74) is 1.32. The van der Waals surface area contributed by atoms with Crippen molar-refractivity contribution in [2.75, 3.05) is 6.61 Å². The standard InChI is InChI=1S/C20H28O3/c1-4-6-7-9-14-17-15-20(3,19(21)22-5-2)23-18(17)16-12-10-8-11-13-16/h8,10-13,15,18H,4-7,9,14H2,1-3H3. The van der Waals surface area contributed by atoms with Gasteiger partial charge in [-0.15, -0.1) is 0 Å². The Morgan fingerprint density at radius 2 is 1.91 bits per heavy atom. The van der Waals surface area contributed by atoms with Crippen LogP contribution < -0.4 is 0 Å². The lowest BCUT2D eigenvalue weighted by atomic mass is 9.96. The molecule has 0 amide bonds. The van der Waals surface area contributed by atoms with Gasteiger partial charge in [0.2, 0.25) is 0 Å². The van der Waals surface area contributed by atoms with Gasteiger partial charge in [-0.05, 0) is 43.9 Å². The SMILES string of the molecule is CCCCCCC1=CC(C)(C(=O)OCC)OC1c1ccccc1. The van der Waals surface area contributed by atoms with E-state index >= 15 is 0 Å². The predicted molar refractivity (Wildman–Crippen MR) is 92.1 cm³/mol. The molecule has 3 nitrogen and oxygen atoms in total. The maximum absolute atomic E-state index is 12.3. The number of ether oxygens (including phenoxy) is 2. The van der Waals surface area contributed by atoms with E-state index in [0.29, 0.717) is 6.61 Å². The van der Waals surface area contributed by atoms with Crippen LogP contribution in [0.3, 0.4) is 0 Å². The largest absolute Gasteiger partial charge is 0.464 e. The zero-order chi connectivity index (χ0) is 16.7. The van der Waals surface area contributed by atoms with Crippen molar-refractivity contribution in [2.45, 2.75) is 64.6 Å². The van der Waals surface area contributed by atoms with Gasteiger partial charge in [-0.1, -0.05) is 56.5 Å². The van der Waals surface area contributed by atoms with Gasteiger partial charge in [0.15, 0.2) is 5.60 Å². The number of hydrogen-bond donors (Lipinski definition) is 0. The number of hydrogen-bond acceptors (Lipinski definition) is 3. The molecule has 2 unspecified atom stereocenters. The van der Waals surface area contributed by atoms with E-state index in [-0.39, 0.29) is 12.1 Å². The van der Waals surface area contributed by atoms with Crippen molar-refractivity contribution in [3.63, 3.8) is 0 Å². The van der Waals surface area contributed by atoms with E-state index in [0.717, 1.165) is 18.4 Å². The molecule has 126 valence electrons. The first kappa shape index (κ1) is 17.7. The average molecular weight is 316 g/mol. The highest BCUT2D eigenvalue weighted by Crippen LogP contribution is 2.41. The van der Waals surface area contributed by atoms with Gasteiger partial charge in [0.05, 0.1) is 6.61 Å². The highest BCUT2D eigenvalue weighted by molar-refractivity contribution is 5.82. The second kappa shape index (κ2) is 8.30. The van der Waals surface area contributed by atoms with Gasteiger partial charge in [-0.25, -0.2) is 4.79 Å². The first-order chi connectivity index (χ1) is 11.1. The number of carbonyl (C=O) groups is 1. The molecule has 0 saturated heterocycles. The van der Waals surface area contributed by atoms with E-state index < -0.39 is 5.60 Å². The molecule has 0 saturated carbocycles. The Labute approximate surface area is 139 Å². The number of esters is 1. The summed E-state index contributed by atoms with van der Waals surface area (Å²) >= 11 is 0. The summed E-state index contributed by atoms with van der Waals surface area (Å²) in [6.07, 6.45) is 7.62. The Balaban J connectivity index is 2.17. The fourth-order valence-electron chi connectivity index (χ4n) is 3.03. The zero-order valence-electron chi connectivity index (χ0n) is 14.5. The first-order valence-corrected chi connectivity index (χ1v) is 8.72. The Kier molecular flexibility index (Phi) is 6.40. The summed E-state index contributed by atoms with van der Waals surface area (Å²) < 4.78 is 11.3. The minimum Gasteiger partial charge on any atom is -0.464 e. The molecule has 0 N–H and O–H groups in total. The van der Waals surface area contributed by atoms with E-state index in [4.69, 9.17) is 9.47 Å². The number of rotatable bonds is 8. The third-order valence-corrected chi connectivity index (χ3v) is 4.26. The molecule has 0 aliphatic carbocycles. The van der Waals surface area contributed by atoms with Crippen LogP contribution in [0.25, 0.3) is 0 Å². The van der Waals surface area contributed by atoms with Gasteiger partial charge < -0.3 is 9.47 Å². The molecule has 0 bridgehead atoms. The summed E-state index contributed by atoms with van der Waals surface area (Å²) in [6.45, 7) is 6.20. The molecule has 23 heavy (non-hydrogen) atoms. The molecule has 1 heterocycles. The molecule has 1 aromatic rings. The smallest absolute Gasteiger partial charge is 0.342 e. The minimum absolute atomic E-state index is 0.146.